The predicted molar refractivity (Wildman–Crippen MR) is 55.4 cm³/mol. The monoisotopic (exact) mass is 178 g/mol. The maximum atomic E-state index is 4.36. The van der Waals surface area contributed by atoms with Gasteiger partial charge in [0.1, 0.15) is 0 Å². The minimum atomic E-state index is 0.514. The molecule has 0 aromatic heterocycles. The Balaban J connectivity index is 2.89. The van der Waals surface area contributed by atoms with Gasteiger partial charge in [0, 0.05) is 11.0 Å². The van der Waals surface area contributed by atoms with Crippen molar-refractivity contribution in [2.75, 3.05) is 5.75 Å². The summed E-state index contributed by atoms with van der Waals surface area (Å²) in [4.78, 5) is 0. The van der Waals surface area contributed by atoms with Crippen LogP contribution in [0.25, 0.3) is 0 Å². The van der Waals surface area contributed by atoms with Gasteiger partial charge in [-0.2, -0.15) is 25.3 Å². The fourth-order valence-electron chi connectivity index (χ4n) is 0.898. The van der Waals surface area contributed by atoms with Gasteiger partial charge < -0.3 is 0 Å². The predicted octanol–water partition coefficient (Wildman–Crippen LogP) is 3.19. The van der Waals surface area contributed by atoms with Crippen LogP contribution in [0.3, 0.4) is 0 Å². The summed E-state index contributed by atoms with van der Waals surface area (Å²) in [5, 5.41) is 0.514. The van der Waals surface area contributed by atoms with E-state index in [1.807, 2.05) is 0 Å². The summed E-state index contributed by atoms with van der Waals surface area (Å²) in [6.07, 6.45) is 6.60. The molecule has 1 atom stereocenters. The molecule has 0 heterocycles. The molecule has 0 aromatic rings. The lowest BCUT2D eigenvalue weighted by Gasteiger charge is -2.05. The fourth-order valence-corrected chi connectivity index (χ4v) is 1.26. The number of thiol groups is 2. The summed E-state index contributed by atoms with van der Waals surface area (Å²) in [6.45, 7) is 2.23. The molecule has 0 rings (SSSR count). The van der Waals surface area contributed by atoms with Crippen molar-refractivity contribution in [3.05, 3.63) is 0 Å². The topological polar surface area (TPSA) is 0 Å². The van der Waals surface area contributed by atoms with E-state index in [9.17, 15) is 0 Å². The number of hydrogen-bond acceptors (Lipinski definition) is 2. The van der Waals surface area contributed by atoms with Crippen molar-refractivity contribution in [3.63, 3.8) is 0 Å². The number of unbranched alkanes of at least 4 members (excludes halogenated alkanes) is 3. The molecule has 0 saturated heterocycles. The Morgan fingerprint density at radius 3 is 2.40 bits per heavy atom. The van der Waals surface area contributed by atoms with Gasteiger partial charge in [-0.25, -0.2) is 0 Å². The van der Waals surface area contributed by atoms with Gasteiger partial charge in [-0.15, -0.1) is 0 Å². The molecular weight excluding hydrogens is 160 g/mol. The Bertz CT molecular complexity index is 64.3. The SMILES string of the molecule is CCCCCC[C@@H](S)CS. The fraction of sp³-hybridized carbons (Fsp3) is 1.00. The van der Waals surface area contributed by atoms with Crippen LogP contribution in [-0.2, 0) is 0 Å². The molecule has 0 fully saturated rings. The van der Waals surface area contributed by atoms with E-state index in [2.05, 4.69) is 32.2 Å². The molecule has 0 aromatic carbocycles. The highest BCUT2D eigenvalue weighted by Crippen LogP contribution is 2.10. The quantitative estimate of drug-likeness (QED) is 0.453. The van der Waals surface area contributed by atoms with Crippen molar-refractivity contribution in [2.45, 2.75) is 44.3 Å². The van der Waals surface area contributed by atoms with Gasteiger partial charge in [-0.1, -0.05) is 32.6 Å². The first kappa shape index (κ1) is 10.7. The molecule has 0 saturated carbocycles. The zero-order valence-electron chi connectivity index (χ0n) is 6.71. The lowest BCUT2D eigenvalue weighted by atomic mass is 10.1. The first-order chi connectivity index (χ1) is 4.81. The first-order valence-electron chi connectivity index (χ1n) is 4.10. The Morgan fingerprint density at radius 2 is 1.90 bits per heavy atom. The third kappa shape index (κ3) is 6.81. The maximum absolute atomic E-state index is 4.36. The van der Waals surface area contributed by atoms with Gasteiger partial charge in [0.15, 0.2) is 0 Å². The van der Waals surface area contributed by atoms with Gasteiger partial charge in [-0.05, 0) is 6.42 Å². The number of hydrogen-bond donors (Lipinski definition) is 2. The summed E-state index contributed by atoms with van der Waals surface area (Å²) >= 11 is 8.52. The highest BCUT2D eigenvalue weighted by Gasteiger charge is 1.97. The van der Waals surface area contributed by atoms with Crippen molar-refractivity contribution in [1.29, 1.82) is 0 Å². The van der Waals surface area contributed by atoms with Crippen LogP contribution in [0.5, 0.6) is 0 Å². The third-order valence-corrected chi connectivity index (χ3v) is 2.77. The van der Waals surface area contributed by atoms with Gasteiger partial charge >= 0.3 is 0 Å². The van der Waals surface area contributed by atoms with Crippen LogP contribution in [0.1, 0.15) is 39.0 Å². The minimum absolute atomic E-state index is 0.514. The smallest absolute Gasteiger partial charge is 0.0105 e. The van der Waals surface area contributed by atoms with Crippen LogP contribution >= 0.6 is 25.3 Å². The zero-order valence-corrected chi connectivity index (χ0v) is 8.50. The van der Waals surface area contributed by atoms with Crippen LogP contribution in [0, 0.1) is 0 Å². The average Bonchev–Trinajstić information content (AvgIpc) is 1.98. The standard InChI is InChI=1S/C8H18S2/c1-2-3-4-5-6-8(10)7-9/h8-10H,2-7H2,1H3/t8-/m1/s1. The zero-order chi connectivity index (χ0) is 7.82. The summed E-state index contributed by atoms with van der Waals surface area (Å²) in [5.74, 6) is 0.912. The molecule has 0 amide bonds. The summed E-state index contributed by atoms with van der Waals surface area (Å²) in [6, 6.07) is 0. The van der Waals surface area contributed by atoms with E-state index >= 15 is 0 Å². The summed E-state index contributed by atoms with van der Waals surface area (Å²) < 4.78 is 0. The van der Waals surface area contributed by atoms with Gasteiger partial charge in [0.25, 0.3) is 0 Å². The Labute approximate surface area is 75.6 Å². The van der Waals surface area contributed by atoms with Crippen LogP contribution in [-0.4, -0.2) is 11.0 Å². The highest BCUT2D eigenvalue weighted by molar-refractivity contribution is 7.84. The minimum Gasteiger partial charge on any atom is -0.178 e. The van der Waals surface area contributed by atoms with Crippen LogP contribution in [0.15, 0.2) is 0 Å². The molecule has 0 aliphatic rings. The maximum Gasteiger partial charge on any atom is 0.0105 e. The summed E-state index contributed by atoms with van der Waals surface area (Å²) in [5.41, 5.74) is 0. The van der Waals surface area contributed by atoms with E-state index in [4.69, 9.17) is 0 Å². The molecule has 62 valence electrons. The lowest BCUT2D eigenvalue weighted by molar-refractivity contribution is 0.634. The first-order valence-corrected chi connectivity index (χ1v) is 5.25. The molecular formula is C8H18S2. The molecule has 0 bridgehead atoms. The molecule has 0 aliphatic carbocycles. The Kier molecular flexibility index (Phi) is 8.35. The summed E-state index contributed by atoms with van der Waals surface area (Å²) in [7, 11) is 0. The highest BCUT2D eigenvalue weighted by atomic mass is 32.1. The van der Waals surface area contributed by atoms with Crippen molar-refractivity contribution in [2.24, 2.45) is 0 Å². The lowest BCUT2D eigenvalue weighted by Crippen LogP contribution is -1.99. The molecule has 0 aliphatic heterocycles. The van der Waals surface area contributed by atoms with Crippen LogP contribution in [0.4, 0.5) is 0 Å². The van der Waals surface area contributed by atoms with E-state index in [1.54, 1.807) is 0 Å². The van der Waals surface area contributed by atoms with Gasteiger partial charge in [0.05, 0.1) is 0 Å². The van der Waals surface area contributed by atoms with Gasteiger partial charge in [0.2, 0.25) is 0 Å². The number of rotatable bonds is 6. The van der Waals surface area contributed by atoms with E-state index < -0.39 is 0 Å². The Hall–Kier alpha value is 0.700. The van der Waals surface area contributed by atoms with Crippen molar-refractivity contribution in [1.82, 2.24) is 0 Å². The van der Waals surface area contributed by atoms with Crippen molar-refractivity contribution in [3.8, 4) is 0 Å². The molecule has 2 heteroatoms. The van der Waals surface area contributed by atoms with Crippen molar-refractivity contribution >= 4 is 25.3 Å². The van der Waals surface area contributed by atoms with E-state index in [1.165, 1.54) is 32.1 Å². The second-order valence-corrected chi connectivity index (χ2v) is 3.78. The molecule has 0 unspecified atom stereocenters. The van der Waals surface area contributed by atoms with E-state index in [-0.39, 0.29) is 0 Å². The normalized spacial score (nSPS) is 13.5. The molecule has 10 heavy (non-hydrogen) atoms. The molecule has 0 radical (unpaired) electrons. The average molecular weight is 178 g/mol. The second kappa shape index (κ2) is 7.80. The van der Waals surface area contributed by atoms with Crippen LogP contribution < -0.4 is 0 Å². The molecule has 0 nitrogen and oxygen atoms in total. The van der Waals surface area contributed by atoms with Crippen LogP contribution in [0.2, 0.25) is 0 Å². The Morgan fingerprint density at radius 1 is 1.20 bits per heavy atom. The van der Waals surface area contributed by atoms with Crippen molar-refractivity contribution < 1.29 is 0 Å². The third-order valence-electron chi connectivity index (χ3n) is 1.60. The van der Waals surface area contributed by atoms with E-state index in [0.29, 0.717) is 5.25 Å². The largest absolute Gasteiger partial charge is 0.178 e. The van der Waals surface area contributed by atoms with E-state index in [0.717, 1.165) is 5.75 Å². The molecule has 0 N–H and O–H groups in total. The van der Waals surface area contributed by atoms with Gasteiger partial charge in [-0.3, -0.25) is 0 Å². The molecule has 0 spiro atoms. The second-order valence-electron chi connectivity index (χ2n) is 2.69.